The molecule has 0 aliphatic carbocycles. The number of nitrogens with one attached hydrogen (secondary N) is 1. The lowest BCUT2D eigenvalue weighted by Crippen LogP contribution is -2.48. The van der Waals surface area contributed by atoms with Gasteiger partial charge in [0.2, 0.25) is 0 Å². The van der Waals surface area contributed by atoms with Crippen molar-refractivity contribution in [2.75, 3.05) is 40.3 Å². The normalized spacial score (nSPS) is 20.2. The first kappa shape index (κ1) is 11.6. The van der Waals surface area contributed by atoms with Crippen molar-refractivity contribution in [3.63, 3.8) is 0 Å². The Morgan fingerprint density at radius 1 is 1.31 bits per heavy atom. The standard InChI is InChI=1S/C12H21N3O/c1-10-4-5-11(16-10)12(14(2)3)15-8-6-13-7-9-15/h4-5,12-13H,6-9H2,1-3H3. The molecule has 1 saturated heterocycles. The van der Waals surface area contributed by atoms with Crippen LogP contribution in [0.5, 0.6) is 0 Å². The molecule has 0 radical (unpaired) electrons. The lowest BCUT2D eigenvalue weighted by Gasteiger charge is -2.37. The number of aryl methyl sites for hydroxylation is 1. The van der Waals surface area contributed by atoms with Crippen molar-refractivity contribution in [3.05, 3.63) is 23.7 Å². The van der Waals surface area contributed by atoms with E-state index in [2.05, 4.69) is 35.3 Å². The summed E-state index contributed by atoms with van der Waals surface area (Å²) < 4.78 is 5.76. The van der Waals surface area contributed by atoms with E-state index in [1.807, 2.05) is 13.0 Å². The summed E-state index contributed by atoms with van der Waals surface area (Å²) in [6, 6.07) is 4.12. The highest BCUT2D eigenvalue weighted by Crippen LogP contribution is 2.24. The van der Waals surface area contributed by atoms with Crippen LogP contribution >= 0.6 is 0 Å². The van der Waals surface area contributed by atoms with E-state index in [4.69, 9.17) is 4.42 Å². The van der Waals surface area contributed by atoms with Gasteiger partial charge in [-0.2, -0.15) is 0 Å². The SMILES string of the molecule is Cc1ccc(C(N(C)C)N2CCNCC2)o1. The van der Waals surface area contributed by atoms with Crippen molar-refractivity contribution in [2.45, 2.75) is 13.1 Å². The molecule has 1 aliphatic heterocycles. The molecule has 1 aliphatic rings. The Kier molecular flexibility index (Phi) is 3.63. The lowest BCUT2D eigenvalue weighted by molar-refractivity contribution is 0.0501. The largest absolute Gasteiger partial charge is 0.463 e. The second-order valence-corrected chi connectivity index (χ2v) is 4.57. The number of furan rings is 1. The minimum absolute atomic E-state index is 0.260. The summed E-state index contributed by atoms with van der Waals surface area (Å²) >= 11 is 0. The lowest BCUT2D eigenvalue weighted by atomic mass is 10.2. The van der Waals surface area contributed by atoms with E-state index in [-0.39, 0.29) is 6.17 Å². The smallest absolute Gasteiger partial charge is 0.136 e. The second kappa shape index (κ2) is 4.99. The number of rotatable bonds is 3. The van der Waals surface area contributed by atoms with Gasteiger partial charge in [-0.15, -0.1) is 0 Å². The van der Waals surface area contributed by atoms with Crippen LogP contribution in [0.4, 0.5) is 0 Å². The summed E-state index contributed by atoms with van der Waals surface area (Å²) in [5.74, 6) is 2.03. The first-order chi connectivity index (χ1) is 7.68. The average molecular weight is 223 g/mol. The van der Waals surface area contributed by atoms with Crippen LogP contribution in [-0.4, -0.2) is 50.1 Å². The molecule has 4 nitrogen and oxygen atoms in total. The van der Waals surface area contributed by atoms with Gasteiger partial charge >= 0.3 is 0 Å². The summed E-state index contributed by atoms with van der Waals surface area (Å²) in [6.45, 7) is 6.26. The number of piperazine rings is 1. The van der Waals surface area contributed by atoms with Crippen LogP contribution in [0.3, 0.4) is 0 Å². The zero-order valence-electron chi connectivity index (χ0n) is 10.4. The van der Waals surface area contributed by atoms with E-state index in [1.165, 1.54) is 0 Å². The molecule has 4 heteroatoms. The van der Waals surface area contributed by atoms with Gasteiger partial charge in [0, 0.05) is 26.2 Å². The molecule has 0 amide bonds. The molecule has 1 N–H and O–H groups in total. The summed E-state index contributed by atoms with van der Waals surface area (Å²) in [6.07, 6.45) is 0.260. The molecule has 0 saturated carbocycles. The van der Waals surface area contributed by atoms with Crippen LogP contribution in [0, 0.1) is 6.92 Å². The summed E-state index contributed by atoms with van der Waals surface area (Å²) in [5, 5.41) is 3.37. The van der Waals surface area contributed by atoms with Crippen molar-refractivity contribution in [1.82, 2.24) is 15.1 Å². The Labute approximate surface area is 97.2 Å². The number of nitrogens with zero attached hydrogens (tertiary/aromatic N) is 2. The van der Waals surface area contributed by atoms with Crippen LogP contribution < -0.4 is 5.32 Å². The van der Waals surface area contributed by atoms with Crippen molar-refractivity contribution in [2.24, 2.45) is 0 Å². The Bertz CT molecular complexity index is 329. The Balaban J connectivity index is 2.16. The maximum atomic E-state index is 5.76. The van der Waals surface area contributed by atoms with Crippen molar-refractivity contribution in [3.8, 4) is 0 Å². The fourth-order valence-electron chi connectivity index (χ4n) is 2.28. The maximum absolute atomic E-state index is 5.76. The number of hydrogen-bond acceptors (Lipinski definition) is 4. The van der Waals surface area contributed by atoms with Crippen LogP contribution in [0.1, 0.15) is 17.7 Å². The van der Waals surface area contributed by atoms with Gasteiger partial charge in [-0.1, -0.05) is 0 Å². The van der Waals surface area contributed by atoms with Gasteiger partial charge in [0.05, 0.1) is 0 Å². The molecule has 1 aromatic heterocycles. The Hall–Kier alpha value is -0.840. The molecular weight excluding hydrogens is 202 g/mol. The van der Waals surface area contributed by atoms with Crippen LogP contribution in [-0.2, 0) is 0 Å². The summed E-state index contributed by atoms with van der Waals surface area (Å²) in [4.78, 5) is 4.67. The highest BCUT2D eigenvalue weighted by molar-refractivity contribution is 5.09. The zero-order valence-corrected chi connectivity index (χ0v) is 10.4. The molecule has 1 aromatic rings. The Morgan fingerprint density at radius 3 is 2.50 bits per heavy atom. The van der Waals surface area contributed by atoms with E-state index in [0.29, 0.717) is 0 Å². The van der Waals surface area contributed by atoms with Crippen molar-refractivity contribution < 1.29 is 4.42 Å². The third-order valence-electron chi connectivity index (χ3n) is 3.00. The second-order valence-electron chi connectivity index (χ2n) is 4.57. The van der Waals surface area contributed by atoms with E-state index in [0.717, 1.165) is 37.7 Å². The molecule has 1 unspecified atom stereocenters. The fraction of sp³-hybridized carbons (Fsp3) is 0.667. The monoisotopic (exact) mass is 223 g/mol. The third kappa shape index (κ3) is 2.45. The molecule has 90 valence electrons. The van der Waals surface area contributed by atoms with Crippen LogP contribution in [0.2, 0.25) is 0 Å². The summed E-state index contributed by atoms with van der Waals surface area (Å²) in [7, 11) is 4.20. The molecule has 16 heavy (non-hydrogen) atoms. The van der Waals surface area contributed by atoms with E-state index >= 15 is 0 Å². The molecule has 2 rings (SSSR count). The molecule has 0 bridgehead atoms. The number of hydrogen-bond donors (Lipinski definition) is 1. The van der Waals surface area contributed by atoms with Gasteiger partial charge in [-0.25, -0.2) is 0 Å². The van der Waals surface area contributed by atoms with Gasteiger partial charge in [0.25, 0.3) is 0 Å². The molecular formula is C12H21N3O. The maximum Gasteiger partial charge on any atom is 0.136 e. The van der Waals surface area contributed by atoms with E-state index in [9.17, 15) is 0 Å². The van der Waals surface area contributed by atoms with Gasteiger partial charge < -0.3 is 9.73 Å². The minimum Gasteiger partial charge on any atom is -0.463 e. The van der Waals surface area contributed by atoms with Gasteiger partial charge in [0.15, 0.2) is 0 Å². The van der Waals surface area contributed by atoms with Crippen molar-refractivity contribution >= 4 is 0 Å². The average Bonchev–Trinajstić information content (AvgIpc) is 2.66. The molecule has 1 atom stereocenters. The van der Waals surface area contributed by atoms with Crippen LogP contribution in [0.15, 0.2) is 16.5 Å². The van der Waals surface area contributed by atoms with Crippen LogP contribution in [0.25, 0.3) is 0 Å². The predicted molar refractivity (Wildman–Crippen MR) is 64.3 cm³/mol. The molecule has 0 spiro atoms. The first-order valence-corrected chi connectivity index (χ1v) is 5.86. The fourth-order valence-corrected chi connectivity index (χ4v) is 2.28. The van der Waals surface area contributed by atoms with E-state index < -0.39 is 0 Å². The predicted octanol–water partition coefficient (Wildman–Crippen LogP) is 1.05. The quantitative estimate of drug-likeness (QED) is 0.830. The Morgan fingerprint density at radius 2 is 2.00 bits per heavy atom. The highest BCUT2D eigenvalue weighted by atomic mass is 16.3. The van der Waals surface area contributed by atoms with Gasteiger partial charge in [0.1, 0.15) is 17.7 Å². The zero-order chi connectivity index (χ0) is 11.5. The molecule has 0 aromatic carbocycles. The molecule has 1 fully saturated rings. The van der Waals surface area contributed by atoms with Gasteiger partial charge in [-0.05, 0) is 33.2 Å². The van der Waals surface area contributed by atoms with Gasteiger partial charge in [-0.3, -0.25) is 9.80 Å². The summed E-state index contributed by atoms with van der Waals surface area (Å²) in [5.41, 5.74) is 0. The molecule has 2 heterocycles. The topological polar surface area (TPSA) is 31.6 Å². The third-order valence-corrected chi connectivity index (χ3v) is 3.00. The minimum atomic E-state index is 0.260. The highest BCUT2D eigenvalue weighted by Gasteiger charge is 2.26. The first-order valence-electron chi connectivity index (χ1n) is 5.86. The van der Waals surface area contributed by atoms with E-state index in [1.54, 1.807) is 0 Å². The van der Waals surface area contributed by atoms with Crippen molar-refractivity contribution in [1.29, 1.82) is 0 Å².